The zero-order chi connectivity index (χ0) is 10.1. The molecule has 0 aliphatic heterocycles. The van der Waals surface area contributed by atoms with E-state index in [4.69, 9.17) is 9.47 Å². The molecule has 0 rings (SSSR count). The summed E-state index contributed by atoms with van der Waals surface area (Å²) in [5.41, 5.74) is 0. The summed E-state index contributed by atoms with van der Waals surface area (Å²) in [6.07, 6.45) is 1.01. The summed E-state index contributed by atoms with van der Waals surface area (Å²) in [5.74, 6) is -0.0181. The van der Waals surface area contributed by atoms with E-state index in [9.17, 15) is 4.79 Å². The summed E-state index contributed by atoms with van der Waals surface area (Å²) in [6.45, 7) is 4.00. The lowest BCUT2D eigenvalue weighted by atomic mass is 10.5. The second-order valence-electron chi connectivity index (χ2n) is 2.95. The highest BCUT2D eigenvalue weighted by Crippen LogP contribution is 1.84. The molecule has 13 heavy (non-hydrogen) atoms. The highest BCUT2D eigenvalue weighted by atomic mass is 16.5. The number of amides is 1. The van der Waals surface area contributed by atoms with Crippen LogP contribution in [0.3, 0.4) is 0 Å². The SMILES string of the molecule is CCCOCCOCC(=O)N(C)C. The summed E-state index contributed by atoms with van der Waals surface area (Å²) in [6, 6.07) is 0. The van der Waals surface area contributed by atoms with Gasteiger partial charge in [0.1, 0.15) is 6.61 Å². The molecule has 0 aromatic heterocycles. The Balaban J connectivity index is 3.12. The first kappa shape index (κ1) is 12.4. The van der Waals surface area contributed by atoms with Crippen LogP contribution in [0, 0.1) is 0 Å². The number of ether oxygens (including phenoxy) is 2. The number of rotatable bonds is 7. The smallest absolute Gasteiger partial charge is 0.248 e. The molecule has 0 heterocycles. The van der Waals surface area contributed by atoms with Crippen molar-refractivity contribution < 1.29 is 14.3 Å². The van der Waals surface area contributed by atoms with Crippen LogP contribution in [0.15, 0.2) is 0 Å². The van der Waals surface area contributed by atoms with E-state index in [0.29, 0.717) is 13.2 Å². The fraction of sp³-hybridized carbons (Fsp3) is 0.889. The summed E-state index contributed by atoms with van der Waals surface area (Å²) < 4.78 is 10.3. The molecule has 0 aromatic rings. The first-order valence-electron chi connectivity index (χ1n) is 4.54. The van der Waals surface area contributed by atoms with Crippen LogP contribution in [-0.2, 0) is 14.3 Å². The van der Waals surface area contributed by atoms with Gasteiger partial charge < -0.3 is 14.4 Å². The lowest BCUT2D eigenvalue weighted by Crippen LogP contribution is -2.26. The molecule has 0 atom stereocenters. The Kier molecular flexibility index (Phi) is 7.63. The summed E-state index contributed by atoms with van der Waals surface area (Å²) in [5, 5.41) is 0. The van der Waals surface area contributed by atoms with Gasteiger partial charge in [0.25, 0.3) is 0 Å². The van der Waals surface area contributed by atoms with Gasteiger partial charge >= 0.3 is 0 Å². The van der Waals surface area contributed by atoms with Gasteiger partial charge in [0, 0.05) is 20.7 Å². The van der Waals surface area contributed by atoms with Crippen molar-refractivity contribution in [2.75, 3.05) is 40.5 Å². The average molecular weight is 189 g/mol. The van der Waals surface area contributed by atoms with Gasteiger partial charge in [-0.2, -0.15) is 0 Å². The van der Waals surface area contributed by atoms with Gasteiger partial charge in [-0.15, -0.1) is 0 Å². The van der Waals surface area contributed by atoms with Gasteiger partial charge in [-0.25, -0.2) is 0 Å². The van der Waals surface area contributed by atoms with Crippen molar-refractivity contribution >= 4 is 5.91 Å². The van der Waals surface area contributed by atoms with Crippen LogP contribution in [0.2, 0.25) is 0 Å². The van der Waals surface area contributed by atoms with E-state index >= 15 is 0 Å². The van der Waals surface area contributed by atoms with Crippen LogP contribution >= 0.6 is 0 Å². The number of hydrogen-bond acceptors (Lipinski definition) is 3. The number of hydrogen-bond donors (Lipinski definition) is 0. The van der Waals surface area contributed by atoms with Gasteiger partial charge in [0.15, 0.2) is 0 Å². The Morgan fingerprint density at radius 2 is 1.77 bits per heavy atom. The van der Waals surface area contributed by atoms with Crippen LogP contribution in [0.4, 0.5) is 0 Å². The molecule has 0 aliphatic carbocycles. The van der Waals surface area contributed by atoms with Gasteiger partial charge in [-0.1, -0.05) is 6.92 Å². The average Bonchev–Trinajstić information content (AvgIpc) is 2.10. The standard InChI is InChI=1S/C9H19NO3/c1-4-5-12-6-7-13-8-9(11)10(2)3/h4-8H2,1-3H3. The highest BCUT2D eigenvalue weighted by molar-refractivity contribution is 5.76. The molecule has 4 heteroatoms. The zero-order valence-electron chi connectivity index (χ0n) is 8.71. The molecule has 0 aliphatic rings. The largest absolute Gasteiger partial charge is 0.379 e. The Hall–Kier alpha value is -0.610. The Labute approximate surface area is 79.8 Å². The molecule has 0 unspecified atom stereocenters. The monoisotopic (exact) mass is 189 g/mol. The number of nitrogens with zero attached hydrogens (tertiary/aromatic N) is 1. The molecule has 0 saturated carbocycles. The van der Waals surface area contributed by atoms with E-state index in [1.54, 1.807) is 14.1 Å². The van der Waals surface area contributed by atoms with E-state index in [-0.39, 0.29) is 12.5 Å². The minimum atomic E-state index is -0.0181. The fourth-order valence-corrected chi connectivity index (χ4v) is 0.653. The topological polar surface area (TPSA) is 38.8 Å². The highest BCUT2D eigenvalue weighted by Gasteiger charge is 2.02. The second kappa shape index (κ2) is 8.01. The van der Waals surface area contributed by atoms with Crippen molar-refractivity contribution in [3.63, 3.8) is 0 Å². The third-order valence-electron chi connectivity index (χ3n) is 1.44. The van der Waals surface area contributed by atoms with Crippen molar-refractivity contribution in [1.82, 2.24) is 4.90 Å². The number of carbonyl (C=O) groups excluding carboxylic acids is 1. The predicted molar refractivity (Wildman–Crippen MR) is 50.6 cm³/mol. The molecular weight excluding hydrogens is 170 g/mol. The maximum atomic E-state index is 11.0. The molecular formula is C9H19NO3. The first-order valence-corrected chi connectivity index (χ1v) is 4.54. The van der Waals surface area contributed by atoms with E-state index < -0.39 is 0 Å². The van der Waals surface area contributed by atoms with Gasteiger partial charge in [-0.3, -0.25) is 4.79 Å². The zero-order valence-corrected chi connectivity index (χ0v) is 8.71. The summed E-state index contributed by atoms with van der Waals surface area (Å²) >= 11 is 0. The van der Waals surface area contributed by atoms with Crippen molar-refractivity contribution in [1.29, 1.82) is 0 Å². The third-order valence-corrected chi connectivity index (χ3v) is 1.44. The Morgan fingerprint density at radius 1 is 1.15 bits per heavy atom. The molecule has 0 spiro atoms. The van der Waals surface area contributed by atoms with Crippen molar-refractivity contribution in [3.8, 4) is 0 Å². The van der Waals surface area contributed by atoms with E-state index in [2.05, 4.69) is 6.92 Å². The van der Waals surface area contributed by atoms with Crippen molar-refractivity contribution in [3.05, 3.63) is 0 Å². The van der Waals surface area contributed by atoms with E-state index in [1.807, 2.05) is 0 Å². The van der Waals surface area contributed by atoms with Gasteiger partial charge in [0.2, 0.25) is 5.91 Å². The molecule has 4 nitrogen and oxygen atoms in total. The summed E-state index contributed by atoms with van der Waals surface area (Å²) in [4.78, 5) is 12.5. The summed E-state index contributed by atoms with van der Waals surface area (Å²) in [7, 11) is 3.42. The lowest BCUT2D eigenvalue weighted by Gasteiger charge is -2.10. The maximum Gasteiger partial charge on any atom is 0.248 e. The maximum absolute atomic E-state index is 11.0. The minimum Gasteiger partial charge on any atom is -0.379 e. The molecule has 1 amide bonds. The quantitative estimate of drug-likeness (QED) is 0.548. The molecule has 0 saturated heterocycles. The Morgan fingerprint density at radius 3 is 2.31 bits per heavy atom. The molecule has 78 valence electrons. The fourth-order valence-electron chi connectivity index (χ4n) is 0.653. The number of carbonyl (C=O) groups is 1. The molecule has 0 bridgehead atoms. The molecule has 0 fully saturated rings. The Bertz CT molecular complexity index is 137. The van der Waals surface area contributed by atoms with Crippen LogP contribution in [0.1, 0.15) is 13.3 Å². The lowest BCUT2D eigenvalue weighted by molar-refractivity contribution is -0.134. The predicted octanol–water partition coefficient (Wildman–Crippen LogP) is 0.518. The van der Waals surface area contributed by atoms with Crippen LogP contribution < -0.4 is 0 Å². The van der Waals surface area contributed by atoms with Crippen molar-refractivity contribution in [2.24, 2.45) is 0 Å². The minimum absolute atomic E-state index is 0.0181. The van der Waals surface area contributed by atoms with Crippen LogP contribution in [-0.4, -0.2) is 51.3 Å². The third kappa shape index (κ3) is 7.74. The van der Waals surface area contributed by atoms with E-state index in [1.165, 1.54) is 4.90 Å². The molecule has 0 N–H and O–H groups in total. The molecule has 0 radical (unpaired) electrons. The molecule has 0 aromatic carbocycles. The number of likely N-dealkylation sites (N-methyl/N-ethyl adjacent to an activating group) is 1. The van der Waals surface area contributed by atoms with Gasteiger partial charge in [0.05, 0.1) is 13.2 Å². The normalized spacial score (nSPS) is 10.1. The van der Waals surface area contributed by atoms with Crippen LogP contribution in [0.5, 0.6) is 0 Å². The second-order valence-corrected chi connectivity index (χ2v) is 2.95. The van der Waals surface area contributed by atoms with E-state index in [0.717, 1.165) is 13.0 Å². The first-order chi connectivity index (χ1) is 6.18. The van der Waals surface area contributed by atoms with Gasteiger partial charge in [-0.05, 0) is 6.42 Å². The van der Waals surface area contributed by atoms with Crippen molar-refractivity contribution in [2.45, 2.75) is 13.3 Å². The van der Waals surface area contributed by atoms with Crippen LogP contribution in [0.25, 0.3) is 0 Å².